The maximum Gasteiger partial charge on any atom is 0.161 e. The van der Waals surface area contributed by atoms with Crippen molar-refractivity contribution < 1.29 is 9.84 Å². The van der Waals surface area contributed by atoms with Crippen LogP contribution in [-0.4, -0.2) is 27.2 Å². The first-order chi connectivity index (χ1) is 8.78. The van der Waals surface area contributed by atoms with Crippen LogP contribution >= 0.6 is 0 Å². The molecule has 5 heteroatoms. The molecule has 0 fully saturated rings. The lowest BCUT2D eigenvalue weighted by Gasteiger charge is -2.04. The Bertz CT molecular complexity index is 673. The molecule has 2 aromatic heterocycles. The van der Waals surface area contributed by atoms with Gasteiger partial charge in [0.1, 0.15) is 5.82 Å². The van der Waals surface area contributed by atoms with E-state index >= 15 is 0 Å². The van der Waals surface area contributed by atoms with E-state index in [2.05, 4.69) is 15.0 Å². The Morgan fingerprint density at radius 1 is 1.28 bits per heavy atom. The van der Waals surface area contributed by atoms with Gasteiger partial charge in [-0.25, -0.2) is 4.98 Å². The fourth-order valence-electron chi connectivity index (χ4n) is 1.82. The lowest BCUT2D eigenvalue weighted by molar-refractivity contribution is 0.373. The van der Waals surface area contributed by atoms with Gasteiger partial charge in [-0.15, -0.1) is 0 Å². The highest BCUT2D eigenvalue weighted by Crippen LogP contribution is 2.30. The van der Waals surface area contributed by atoms with E-state index in [1.54, 1.807) is 30.6 Å². The molecule has 5 nitrogen and oxygen atoms in total. The summed E-state index contributed by atoms with van der Waals surface area (Å²) in [6.07, 6.45) is 3.42. The molecule has 90 valence electrons. The molecule has 0 aliphatic carbocycles. The van der Waals surface area contributed by atoms with Gasteiger partial charge in [-0.1, -0.05) is 0 Å². The molecule has 0 spiro atoms. The van der Waals surface area contributed by atoms with Crippen LogP contribution in [-0.2, 0) is 0 Å². The van der Waals surface area contributed by atoms with Gasteiger partial charge in [0.2, 0.25) is 0 Å². The number of nitrogens with zero attached hydrogens (tertiary/aromatic N) is 2. The lowest BCUT2D eigenvalue weighted by Crippen LogP contribution is -1.86. The molecule has 0 bridgehead atoms. The summed E-state index contributed by atoms with van der Waals surface area (Å²) in [5, 5.41) is 9.56. The van der Waals surface area contributed by atoms with Crippen LogP contribution in [0.2, 0.25) is 0 Å². The Morgan fingerprint density at radius 3 is 2.94 bits per heavy atom. The maximum atomic E-state index is 9.56. The van der Waals surface area contributed by atoms with Gasteiger partial charge in [0, 0.05) is 11.8 Å². The Balaban J connectivity index is 2.13. The van der Waals surface area contributed by atoms with Crippen molar-refractivity contribution in [3.8, 4) is 22.9 Å². The third-order valence-electron chi connectivity index (χ3n) is 2.74. The Hall–Kier alpha value is -2.56. The van der Waals surface area contributed by atoms with Crippen LogP contribution in [0.3, 0.4) is 0 Å². The quantitative estimate of drug-likeness (QED) is 0.722. The van der Waals surface area contributed by atoms with E-state index in [1.165, 1.54) is 7.11 Å². The van der Waals surface area contributed by atoms with Crippen molar-refractivity contribution in [3.63, 3.8) is 0 Å². The summed E-state index contributed by atoms with van der Waals surface area (Å²) in [6.45, 7) is 0. The number of aromatic hydroxyl groups is 1. The van der Waals surface area contributed by atoms with Crippen molar-refractivity contribution in [2.24, 2.45) is 0 Å². The van der Waals surface area contributed by atoms with Crippen LogP contribution in [0, 0.1) is 0 Å². The van der Waals surface area contributed by atoms with Crippen LogP contribution < -0.4 is 4.74 Å². The predicted molar refractivity (Wildman–Crippen MR) is 67.5 cm³/mol. The summed E-state index contributed by atoms with van der Waals surface area (Å²) >= 11 is 0. The highest BCUT2D eigenvalue weighted by Gasteiger charge is 2.08. The van der Waals surface area contributed by atoms with Gasteiger partial charge in [0.25, 0.3) is 0 Å². The Kier molecular flexibility index (Phi) is 2.37. The number of fused-ring (bicyclic) bond motifs is 1. The molecule has 18 heavy (non-hydrogen) atoms. The number of aromatic amines is 1. The van der Waals surface area contributed by atoms with Crippen molar-refractivity contribution >= 4 is 11.0 Å². The molecule has 0 unspecified atom stereocenters. The first kappa shape index (κ1) is 10.6. The number of phenols is 1. The van der Waals surface area contributed by atoms with Gasteiger partial charge < -0.3 is 14.8 Å². The van der Waals surface area contributed by atoms with Crippen LogP contribution in [0.1, 0.15) is 0 Å². The molecule has 2 N–H and O–H groups in total. The number of imidazole rings is 1. The van der Waals surface area contributed by atoms with Gasteiger partial charge in [-0.3, -0.25) is 4.98 Å². The molecule has 0 amide bonds. The zero-order valence-corrected chi connectivity index (χ0v) is 9.71. The molecule has 0 aliphatic heterocycles. The van der Waals surface area contributed by atoms with Gasteiger partial charge >= 0.3 is 0 Å². The summed E-state index contributed by atoms with van der Waals surface area (Å²) in [5.41, 5.74) is 2.58. The molecule has 0 saturated heterocycles. The van der Waals surface area contributed by atoms with Crippen molar-refractivity contribution in [1.29, 1.82) is 0 Å². The fourth-order valence-corrected chi connectivity index (χ4v) is 1.82. The zero-order chi connectivity index (χ0) is 12.5. The Morgan fingerprint density at radius 2 is 2.17 bits per heavy atom. The number of ether oxygens (including phenoxy) is 1. The zero-order valence-electron chi connectivity index (χ0n) is 9.71. The van der Waals surface area contributed by atoms with Crippen molar-refractivity contribution in [3.05, 3.63) is 36.7 Å². The van der Waals surface area contributed by atoms with Gasteiger partial charge in [0.15, 0.2) is 11.5 Å². The summed E-state index contributed by atoms with van der Waals surface area (Å²) in [7, 11) is 1.52. The molecule has 3 aromatic rings. The third-order valence-corrected chi connectivity index (χ3v) is 2.74. The molecule has 0 saturated carbocycles. The van der Waals surface area contributed by atoms with E-state index in [-0.39, 0.29) is 5.75 Å². The van der Waals surface area contributed by atoms with Gasteiger partial charge in [-0.2, -0.15) is 0 Å². The third kappa shape index (κ3) is 1.66. The molecular formula is C13H11N3O2. The van der Waals surface area contributed by atoms with Gasteiger partial charge in [-0.05, 0) is 24.3 Å². The highest BCUT2D eigenvalue weighted by atomic mass is 16.5. The number of H-pyrrole nitrogens is 1. The lowest BCUT2D eigenvalue weighted by atomic mass is 10.2. The molecule has 2 heterocycles. The number of hydrogen-bond acceptors (Lipinski definition) is 4. The minimum atomic E-state index is 0.110. The molecular weight excluding hydrogens is 230 g/mol. The second-order valence-electron chi connectivity index (χ2n) is 3.86. The summed E-state index contributed by atoms with van der Waals surface area (Å²) in [5.74, 6) is 1.25. The number of hydrogen-bond donors (Lipinski definition) is 2. The van der Waals surface area contributed by atoms with E-state index in [4.69, 9.17) is 4.74 Å². The molecule has 0 radical (unpaired) electrons. The van der Waals surface area contributed by atoms with Crippen molar-refractivity contribution in [2.75, 3.05) is 7.11 Å². The summed E-state index contributed by atoms with van der Waals surface area (Å²) < 4.78 is 5.08. The van der Waals surface area contributed by atoms with E-state index in [0.29, 0.717) is 5.75 Å². The number of pyridine rings is 1. The average Bonchev–Trinajstić information content (AvgIpc) is 2.83. The molecule has 3 rings (SSSR count). The van der Waals surface area contributed by atoms with Crippen LogP contribution in [0.15, 0.2) is 36.7 Å². The normalized spacial score (nSPS) is 10.7. The first-order valence-corrected chi connectivity index (χ1v) is 5.45. The Labute approximate surface area is 103 Å². The van der Waals surface area contributed by atoms with E-state index in [0.717, 1.165) is 22.4 Å². The molecule has 0 aliphatic rings. The summed E-state index contributed by atoms with van der Waals surface area (Å²) in [4.78, 5) is 11.7. The predicted octanol–water partition coefficient (Wildman–Crippen LogP) is 2.34. The molecule has 0 atom stereocenters. The number of aromatic nitrogens is 3. The topological polar surface area (TPSA) is 71.0 Å². The minimum absolute atomic E-state index is 0.110. The standard InChI is InChI=1S/C13H11N3O2/c1-18-12-6-8(2-3-11(12)17)13-15-9-4-5-14-7-10(9)16-13/h2-7,17H,1H3,(H,15,16). The second kappa shape index (κ2) is 4.03. The largest absolute Gasteiger partial charge is 0.504 e. The molecule has 1 aromatic carbocycles. The van der Waals surface area contributed by atoms with E-state index < -0.39 is 0 Å². The highest BCUT2D eigenvalue weighted by molar-refractivity contribution is 5.78. The van der Waals surface area contributed by atoms with Crippen LogP contribution in [0.25, 0.3) is 22.4 Å². The second-order valence-corrected chi connectivity index (χ2v) is 3.86. The smallest absolute Gasteiger partial charge is 0.161 e. The number of rotatable bonds is 2. The number of nitrogens with one attached hydrogen (secondary N) is 1. The minimum Gasteiger partial charge on any atom is -0.504 e. The fraction of sp³-hybridized carbons (Fsp3) is 0.0769. The number of phenolic OH excluding ortho intramolecular Hbond substituents is 1. The van der Waals surface area contributed by atoms with Crippen LogP contribution in [0.5, 0.6) is 11.5 Å². The maximum absolute atomic E-state index is 9.56. The van der Waals surface area contributed by atoms with Crippen LogP contribution in [0.4, 0.5) is 0 Å². The monoisotopic (exact) mass is 241 g/mol. The number of methoxy groups -OCH3 is 1. The number of benzene rings is 1. The van der Waals surface area contributed by atoms with E-state index in [1.807, 2.05) is 6.07 Å². The first-order valence-electron chi connectivity index (χ1n) is 5.45. The SMILES string of the molecule is COc1cc(-c2nc3ccncc3[nH]2)ccc1O. The van der Waals surface area contributed by atoms with Crippen molar-refractivity contribution in [1.82, 2.24) is 15.0 Å². The van der Waals surface area contributed by atoms with E-state index in [9.17, 15) is 5.11 Å². The van der Waals surface area contributed by atoms with Crippen molar-refractivity contribution in [2.45, 2.75) is 0 Å². The average molecular weight is 241 g/mol. The van der Waals surface area contributed by atoms with Gasteiger partial charge in [0.05, 0.1) is 24.3 Å². The summed E-state index contributed by atoms with van der Waals surface area (Å²) in [6, 6.07) is 6.94.